The zero-order chi connectivity index (χ0) is 11.8. The first-order chi connectivity index (χ1) is 7.74. The van der Waals surface area contributed by atoms with E-state index in [4.69, 9.17) is 0 Å². The van der Waals surface area contributed by atoms with Gasteiger partial charge in [-0.05, 0) is 22.4 Å². The zero-order valence-corrected chi connectivity index (χ0v) is 9.80. The summed E-state index contributed by atoms with van der Waals surface area (Å²) in [6.07, 6.45) is 1.06. The SMILES string of the molecule is C=CCNCC(=O)NCC(O)c1ccsc1. The molecule has 0 aliphatic heterocycles. The summed E-state index contributed by atoms with van der Waals surface area (Å²) in [6, 6.07) is 1.84. The van der Waals surface area contributed by atoms with E-state index in [1.54, 1.807) is 6.08 Å². The molecule has 0 radical (unpaired) electrons. The topological polar surface area (TPSA) is 61.4 Å². The minimum Gasteiger partial charge on any atom is -0.387 e. The Balaban J connectivity index is 2.19. The third-order valence-corrected chi connectivity index (χ3v) is 2.70. The molecule has 0 fully saturated rings. The Bertz CT molecular complexity index is 325. The molecule has 1 unspecified atom stereocenters. The van der Waals surface area contributed by atoms with Gasteiger partial charge in [0.15, 0.2) is 0 Å². The van der Waals surface area contributed by atoms with Crippen molar-refractivity contribution in [3.8, 4) is 0 Å². The number of carbonyl (C=O) groups is 1. The van der Waals surface area contributed by atoms with Crippen LogP contribution in [0.1, 0.15) is 11.7 Å². The summed E-state index contributed by atoms with van der Waals surface area (Å²) in [5.74, 6) is -0.129. The number of aliphatic hydroxyl groups excluding tert-OH is 1. The Labute approximate surface area is 99.0 Å². The van der Waals surface area contributed by atoms with Gasteiger partial charge >= 0.3 is 0 Å². The van der Waals surface area contributed by atoms with Crippen molar-refractivity contribution in [2.45, 2.75) is 6.10 Å². The van der Waals surface area contributed by atoms with Crippen LogP contribution in [-0.4, -0.2) is 30.6 Å². The molecule has 16 heavy (non-hydrogen) atoms. The van der Waals surface area contributed by atoms with E-state index < -0.39 is 6.10 Å². The molecule has 3 N–H and O–H groups in total. The Morgan fingerprint density at radius 3 is 3.12 bits per heavy atom. The van der Waals surface area contributed by atoms with E-state index in [1.807, 2.05) is 16.8 Å². The largest absolute Gasteiger partial charge is 0.387 e. The number of hydrogen-bond donors (Lipinski definition) is 3. The highest BCUT2D eigenvalue weighted by molar-refractivity contribution is 7.07. The second kappa shape index (κ2) is 7.16. The van der Waals surface area contributed by atoms with Gasteiger partial charge in [0.25, 0.3) is 0 Å². The van der Waals surface area contributed by atoms with Crippen molar-refractivity contribution >= 4 is 17.2 Å². The molecule has 0 saturated heterocycles. The minimum atomic E-state index is -0.630. The molecule has 0 saturated carbocycles. The highest BCUT2D eigenvalue weighted by Gasteiger charge is 2.09. The number of aliphatic hydroxyl groups is 1. The first kappa shape index (κ1) is 12.9. The molecule has 0 bridgehead atoms. The van der Waals surface area contributed by atoms with Gasteiger partial charge in [0, 0.05) is 13.1 Å². The predicted molar refractivity (Wildman–Crippen MR) is 65.4 cm³/mol. The number of rotatable bonds is 7. The molecule has 0 aliphatic rings. The Morgan fingerprint density at radius 2 is 2.50 bits per heavy atom. The second-order valence-electron chi connectivity index (χ2n) is 3.30. The quantitative estimate of drug-likeness (QED) is 0.485. The van der Waals surface area contributed by atoms with E-state index in [-0.39, 0.29) is 19.0 Å². The maximum atomic E-state index is 11.3. The molecule has 0 spiro atoms. The maximum absolute atomic E-state index is 11.3. The van der Waals surface area contributed by atoms with Crippen LogP contribution in [0.5, 0.6) is 0 Å². The van der Waals surface area contributed by atoms with Crippen molar-refractivity contribution in [3.05, 3.63) is 35.0 Å². The van der Waals surface area contributed by atoms with Crippen LogP contribution < -0.4 is 10.6 Å². The number of amides is 1. The van der Waals surface area contributed by atoms with Gasteiger partial charge in [0.1, 0.15) is 0 Å². The Hall–Kier alpha value is -1.17. The molecule has 1 rings (SSSR count). The van der Waals surface area contributed by atoms with E-state index in [0.717, 1.165) is 5.56 Å². The zero-order valence-electron chi connectivity index (χ0n) is 8.98. The fraction of sp³-hybridized carbons (Fsp3) is 0.364. The molecule has 1 heterocycles. The van der Waals surface area contributed by atoms with Crippen LogP contribution >= 0.6 is 11.3 Å². The lowest BCUT2D eigenvalue weighted by atomic mass is 10.2. The highest BCUT2D eigenvalue weighted by atomic mass is 32.1. The Morgan fingerprint density at radius 1 is 1.69 bits per heavy atom. The Kier molecular flexibility index (Phi) is 5.77. The molecule has 0 aliphatic carbocycles. The van der Waals surface area contributed by atoms with Crippen molar-refractivity contribution in [1.29, 1.82) is 0 Å². The number of carbonyl (C=O) groups excluding carboxylic acids is 1. The maximum Gasteiger partial charge on any atom is 0.234 e. The van der Waals surface area contributed by atoms with Crippen LogP contribution in [0.25, 0.3) is 0 Å². The van der Waals surface area contributed by atoms with Crippen molar-refractivity contribution in [1.82, 2.24) is 10.6 Å². The monoisotopic (exact) mass is 240 g/mol. The first-order valence-corrected chi connectivity index (χ1v) is 5.96. The van der Waals surface area contributed by atoms with Crippen LogP contribution in [0, 0.1) is 0 Å². The van der Waals surface area contributed by atoms with Gasteiger partial charge in [-0.15, -0.1) is 6.58 Å². The predicted octanol–water partition coefficient (Wildman–Crippen LogP) is 0.673. The van der Waals surface area contributed by atoms with E-state index in [1.165, 1.54) is 11.3 Å². The summed E-state index contributed by atoms with van der Waals surface area (Å²) in [5.41, 5.74) is 0.837. The van der Waals surface area contributed by atoms with Gasteiger partial charge in [-0.3, -0.25) is 4.79 Å². The van der Waals surface area contributed by atoms with E-state index in [9.17, 15) is 9.90 Å². The molecule has 5 heteroatoms. The average molecular weight is 240 g/mol. The minimum absolute atomic E-state index is 0.129. The smallest absolute Gasteiger partial charge is 0.234 e. The summed E-state index contributed by atoms with van der Waals surface area (Å²) in [5, 5.41) is 19.0. The summed E-state index contributed by atoms with van der Waals surface area (Å²) >= 11 is 1.52. The van der Waals surface area contributed by atoms with E-state index in [0.29, 0.717) is 6.54 Å². The van der Waals surface area contributed by atoms with Crippen LogP contribution in [0.4, 0.5) is 0 Å². The van der Waals surface area contributed by atoms with Gasteiger partial charge in [-0.1, -0.05) is 6.08 Å². The molecule has 0 aromatic carbocycles. The summed E-state index contributed by atoms with van der Waals surface area (Å²) in [6.45, 7) is 4.61. The molecule has 1 aromatic heterocycles. The van der Waals surface area contributed by atoms with Gasteiger partial charge in [-0.25, -0.2) is 0 Å². The fourth-order valence-corrected chi connectivity index (χ4v) is 1.85. The lowest BCUT2D eigenvalue weighted by Gasteiger charge is -2.10. The van der Waals surface area contributed by atoms with Gasteiger partial charge < -0.3 is 15.7 Å². The third-order valence-electron chi connectivity index (χ3n) is 1.99. The standard InChI is InChI=1S/C11H16N2O2S/c1-2-4-12-7-11(15)13-6-10(14)9-3-5-16-8-9/h2-3,5,8,10,12,14H,1,4,6-7H2,(H,13,15). The lowest BCUT2D eigenvalue weighted by Crippen LogP contribution is -2.36. The van der Waals surface area contributed by atoms with Gasteiger partial charge in [-0.2, -0.15) is 11.3 Å². The fourth-order valence-electron chi connectivity index (χ4n) is 1.14. The third kappa shape index (κ3) is 4.57. The van der Waals surface area contributed by atoms with Crippen molar-refractivity contribution in [3.63, 3.8) is 0 Å². The van der Waals surface area contributed by atoms with E-state index in [2.05, 4.69) is 17.2 Å². The number of nitrogens with one attached hydrogen (secondary N) is 2. The molecule has 1 aromatic rings. The van der Waals surface area contributed by atoms with Crippen molar-refractivity contribution in [2.75, 3.05) is 19.6 Å². The molecule has 4 nitrogen and oxygen atoms in total. The van der Waals surface area contributed by atoms with Crippen molar-refractivity contribution < 1.29 is 9.90 Å². The molecule has 1 atom stereocenters. The van der Waals surface area contributed by atoms with Crippen molar-refractivity contribution in [2.24, 2.45) is 0 Å². The molecule has 88 valence electrons. The molecular formula is C11H16N2O2S. The number of thiophene rings is 1. The van der Waals surface area contributed by atoms with Crippen LogP contribution in [0.2, 0.25) is 0 Å². The van der Waals surface area contributed by atoms with Crippen LogP contribution in [0.3, 0.4) is 0 Å². The van der Waals surface area contributed by atoms with E-state index >= 15 is 0 Å². The molecule has 1 amide bonds. The highest BCUT2D eigenvalue weighted by Crippen LogP contribution is 2.14. The summed E-state index contributed by atoms with van der Waals surface area (Å²) in [7, 11) is 0. The first-order valence-electron chi connectivity index (χ1n) is 5.02. The number of hydrogen-bond acceptors (Lipinski definition) is 4. The normalized spacial score (nSPS) is 12.1. The van der Waals surface area contributed by atoms with Crippen LogP contribution in [-0.2, 0) is 4.79 Å². The average Bonchev–Trinajstić information content (AvgIpc) is 2.79. The summed E-state index contributed by atoms with van der Waals surface area (Å²) in [4.78, 5) is 11.3. The van der Waals surface area contributed by atoms with Gasteiger partial charge in [0.2, 0.25) is 5.91 Å². The lowest BCUT2D eigenvalue weighted by molar-refractivity contribution is -0.120. The second-order valence-corrected chi connectivity index (χ2v) is 4.08. The van der Waals surface area contributed by atoms with Crippen LogP contribution in [0.15, 0.2) is 29.5 Å². The van der Waals surface area contributed by atoms with Gasteiger partial charge in [0.05, 0.1) is 12.6 Å². The molecular weight excluding hydrogens is 224 g/mol. The summed E-state index contributed by atoms with van der Waals surface area (Å²) < 4.78 is 0.